The number of aliphatic hydroxyl groups is 1. The molecule has 0 aliphatic rings. The van der Waals surface area contributed by atoms with Crippen molar-refractivity contribution in [1.82, 2.24) is 4.72 Å². The van der Waals surface area contributed by atoms with Crippen LogP contribution >= 0.6 is 0 Å². The maximum absolute atomic E-state index is 12.4. The van der Waals surface area contributed by atoms with Gasteiger partial charge in [-0.25, -0.2) is 13.1 Å². The van der Waals surface area contributed by atoms with Gasteiger partial charge in [-0.15, -0.1) is 0 Å². The van der Waals surface area contributed by atoms with Crippen LogP contribution in [-0.2, 0) is 10.0 Å². The van der Waals surface area contributed by atoms with Crippen LogP contribution in [0.25, 0.3) is 0 Å². The fraction of sp³-hybridized carbons (Fsp3) is 0.600. The van der Waals surface area contributed by atoms with Crippen molar-refractivity contribution < 1.29 is 13.5 Å². The van der Waals surface area contributed by atoms with Gasteiger partial charge in [-0.2, -0.15) is 0 Å². The quantitative estimate of drug-likeness (QED) is 0.753. The predicted molar refractivity (Wildman–Crippen MR) is 85.9 cm³/mol. The largest absolute Gasteiger partial charge is 0.388 e. The molecular weight excluding hydrogens is 288 g/mol. The van der Waals surface area contributed by atoms with Crippen molar-refractivity contribution in [3.63, 3.8) is 0 Å². The van der Waals surface area contributed by atoms with Crippen molar-refractivity contribution in [3.8, 4) is 0 Å². The summed E-state index contributed by atoms with van der Waals surface area (Å²) in [5, 5.41) is 13.4. The van der Waals surface area contributed by atoms with Crippen LogP contribution in [0, 0.1) is 0 Å². The molecule has 1 rings (SSSR count). The summed E-state index contributed by atoms with van der Waals surface area (Å²) in [5.41, 5.74) is -1.25. The van der Waals surface area contributed by atoms with Crippen LogP contribution in [0.1, 0.15) is 41.5 Å². The molecule has 0 amide bonds. The van der Waals surface area contributed by atoms with Gasteiger partial charge in [-0.05, 0) is 53.7 Å². The van der Waals surface area contributed by atoms with Gasteiger partial charge in [0.15, 0.2) is 0 Å². The van der Waals surface area contributed by atoms with Gasteiger partial charge >= 0.3 is 0 Å². The summed E-state index contributed by atoms with van der Waals surface area (Å²) in [7, 11) is -3.60. The van der Waals surface area contributed by atoms with E-state index in [9.17, 15) is 13.5 Å². The van der Waals surface area contributed by atoms with Crippen LogP contribution in [0.3, 0.4) is 0 Å². The summed E-state index contributed by atoms with van der Waals surface area (Å²) in [4.78, 5) is 0.177. The highest BCUT2D eigenvalue weighted by molar-refractivity contribution is 7.89. The Kier molecular flexibility index (Phi) is 5.08. The number of para-hydroxylation sites is 1. The van der Waals surface area contributed by atoms with E-state index in [1.165, 1.54) is 0 Å². The minimum atomic E-state index is -3.60. The number of sulfonamides is 1. The molecular formula is C15H26N2O3S. The first-order valence-electron chi connectivity index (χ1n) is 6.99. The third kappa shape index (κ3) is 4.43. The maximum atomic E-state index is 12.4. The summed E-state index contributed by atoms with van der Waals surface area (Å²) in [6, 6.07) is 6.50. The molecule has 0 aliphatic heterocycles. The molecule has 0 saturated heterocycles. The van der Waals surface area contributed by atoms with Crippen molar-refractivity contribution in [1.29, 1.82) is 0 Å². The number of anilines is 1. The van der Waals surface area contributed by atoms with Crippen molar-refractivity contribution in [2.45, 2.75) is 63.6 Å². The third-order valence-corrected chi connectivity index (χ3v) is 5.26. The number of rotatable bonds is 6. The van der Waals surface area contributed by atoms with Crippen molar-refractivity contribution in [2.75, 3.05) is 5.32 Å². The van der Waals surface area contributed by atoms with Gasteiger partial charge in [-0.1, -0.05) is 12.1 Å². The van der Waals surface area contributed by atoms with Crippen molar-refractivity contribution in [2.24, 2.45) is 0 Å². The number of benzene rings is 1. The second-order valence-electron chi connectivity index (χ2n) is 6.58. The summed E-state index contributed by atoms with van der Waals surface area (Å²) in [6.45, 7) is 10.6. The highest BCUT2D eigenvalue weighted by Crippen LogP contribution is 2.29. The standard InChI is InChI=1S/C15H26N2O3S/c1-11(2)17-21(19,20)13-10-8-7-9-12(13)16-14(3,4)15(5,6)18/h7-11,16-18H,1-6H3. The van der Waals surface area contributed by atoms with Crippen LogP contribution in [-0.4, -0.2) is 30.7 Å². The van der Waals surface area contributed by atoms with Crippen LogP contribution in [0.4, 0.5) is 5.69 Å². The molecule has 3 N–H and O–H groups in total. The monoisotopic (exact) mass is 314 g/mol. The van der Waals surface area contributed by atoms with Gasteiger partial charge in [0.25, 0.3) is 0 Å². The highest BCUT2D eigenvalue weighted by atomic mass is 32.2. The molecule has 0 aromatic heterocycles. The van der Waals surface area contributed by atoms with Gasteiger partial charge in [-0.3, -0.25) is 0 Å². The molecule has 0 heterocycles. The predicted octanol–water partition coefficient (Wildman–Crippen LogP) is 2.33. The van der Waals surface area contributed by atoms with Crippen LogP contribution in [0.15, 0.2) is 29.2 Å². The van der Waals surface area contributed by atoms with Crippen LogP contribution in [0.5, 0.6) is 0 Å². The second-order valence-corrected chi connectivity index (χ2v) is 8.26. The van der Waals surface area contributed by atoms with E-state index < -0.39 is 21.2 Å². The molecule has 120 valence electrons. The molecule has 0 atom stereocenters. The van der Waals surface area contributed by atoms with Gasteiger partial charge in [0.2, 0.25) is 10.0 Å². The zero-order valence-electron chi connectivity index (χ0n) is 13.6. The molecule has 0 fully saturated rings. The molecule has 0 unspecified atom stereocenters. The molecule has 1 aromatic carbocycles. The third-order valence-electron chi connectivity index (χ3n) is 3.54. The Morgan fingerprint density at radius 1 is 1.10 bits per heavy atom. The van der Waals surface area contributed by atoms with E-state index in [-0.39, 0.29) is 10.9 Å². The summed E-state index contributed by atoms with van der Waals surface area (Å²) in [6.07, 6.45) is 0. The molecule has 0 bridgehead atoms. The second kappa shape index (κ2) is 5.94. The Morgan fingerprint density at radius 2 is 1.62 bits per heavy atom. The first kappa shape index (κ1) is 17.9. The lowest BCUT2D eigenvalue weighted by molar-refractivity contribution is 0.0239. The Bertz CT molecular complexity index is 587. The molecule has 0 spiro atoms. The Hall–Kier alpha value is -1.11. The molecule has 1 aromatic rings. The van der Waals surface area contributed by atoms with Crippen molar-refractivity contribution >= 4 is 15.7 Å². The van der Waals surface area contributed by atoms with Gasteiger partial charge in [0.1, 0.15) is 4.90 Å². The van der Waals surface area contributed by atoms with E-state index in [0.717, 1.165) is 0 Å². The maximum Gasteiger partial charge on any atom is 0.242 e. The van der Waals surface area contributed by atoms with E-state index >= 15 is 0 Å². The van der Waals surface area contributed by atoms with E-state index in [2.05, 4.69) is 10.0 Å². The average Bonchev–Trinajstić information content (AvgIpc) is 2.25. The molecule has 0 radical (unpaired) electrons. The Labute approximate surface area is 127 Å². The van der Waals surface area contributed by atoms with Gasteiger partial charge in [0, 0.05) is 6.04 Å². The normalized spacial score (nSPS) is 13.5. The first-order chi connectivity index (χ1) is 9.37. The molecule has 6 heteroatoms. The van der Waals surface area contributed by atoms with Crippen molar-refractivity contribution in [3.05, 3.63) is 24.3 Å². The Balaban J connectivity index is 3.24. The van der Waals surface area contributed by atoms with E-state index in [4.69, 9.17) is 0 Å². The lowest BCUT2D eigenvalue weighted by atomic mass is 9.86. The van der Waals surface area contributed by atoms with E-state index in [0.29, 0.717) is 5.69 Å². The SMILES string of the molecule is CC(C)NS(=O)(=O)c1ccccc1NC(C)(C)C(C)(C)O. The fourth-order valence-corrected chi connectivity index (χ4v) is 3.08. The number of hydrogen-bond donors (Lipinski definition) is 3. The molecule has 5 nitrogen and oxygen atoms in total. The number of hydrogen-bond acceptors (Lipinski definition) is 4. The summed E-state index contributed by atoms with van der Waals surface area (Å²) >= 11 is 0. The summed E-state index contributed by atoms with van der Waals surface area (Å²) in [5.74, 6) is 0. The van der Waals surface area contributed by atoms with Gasteiger partial charge in [0.05, 0.1) is 16.8 Å². The minimum absolute atomic E-state index is 0.177. The van der Waals surface area contributed by atoms with Gasteiger partial charge < -0.3 is 10.4 Å². The highest BCUT2D eigenvalue weighted by Gasteiger charge is 2.36. The minimum Gasteiger partial charge on any atom is -0.388 e. The molecule has 21 heavy (non-hydrogen) atoms. The Morgan fingerprint density at radius 3 is 2.10 bits per heavy atom. The lowest BCUT2D eigenvalue weighted by Crippen LogP contribution is -2.51. The molecule has 0 saturated carbocycles. The average molecular weight is 314 g/mol. The van der Waals surface area contributed by atoms with Crippen LogP contribution in [0.2, 0.25) is 0 Å². The molecule has 0 aliphatic carbocycles. The zero-order valence-corrected chi connectivity index (χ0v) is 14.4. The van der Waals surface area contributed by atoms with E-state index in [1.807, 2.05) is 13.8 Å². The van der Waals surface area contributed by atoms with Crippen LogP contribution < -0.4 is 10.0 Å². The topological polar surface area (TPSA) is 78.4 Å². The fourth-order valence-electron chi connectivity index (χ4n) is 1.67. The smallest absolute Gasteiger partial charge is 0.242 e. The van der Waals surface area contributed by atoms with E-state index in [1.54, 1.807) is 52.0 Å². The first-order valence-corrected chi connectivity index (χ1v) is 8.47. The number of nitrogens with one attached hydrogen (secondary N) is 2. The lowest BCUT2D eigenvalue weighted by Gasteiger charge is -2.39. The summed E-state index contributed by atoms with van der Waals surface area (Å²) < 4.78 is 27.3. The zero-order chi connectivity index (χ0) is 16.5.